The number of carboxylic acids is 1. The van der Waals surface area contributed by atoms with Crippen LogP contribution in [0.3, 0.4) is 0 Å². The van der Waals surface area contributed by atoms with Gasteiger partial charge >= 0.3 is 5.97 Å². The summed E-state index contributed by atoms with van der Waals surface area (Å²) in [5.41, 5.74) is 0.984. The molecular weight excluding hydrogens is 401 g/mol. The topological polar surface area (TPSA) is 50.2 Å². The second kappa shape index (κ2) is 9.22. The van der Waals surface area contributed by atoms with Crippen LogP contribution < -0.4 is 0 Å². The van der Waals surface area contributed by atoms with Gasteiger partial charge in [-0.05, 0) is 79.7 Å². The highest BCUT2D eigenvalue weighted by molar-refractivity contribution is 7.13. The number of halogens is 2. The molecule has 2 heterocycles. The van der Waals surface area contributed by atoms with Crippen LogP contribution in [0, 0.1) is 17.8 Å². The van der Waals surface area contributed by atoms with E-state index in [0.717, 1.165) is 29.7 Å². The number of nitrogens with zero attached hydrogens (tertiary/aromatic N) is 1. The number of aromatic carboxylic acids is 1. The van der Waals surface area contributed by atoms with Crippen LogP contribution in [-0.4, -0.2) is 16.1 Å². The second-order valence-corrected chi connectivity index (χ2v) is 9.19. The van der Waals surface area contributed by atoms with Gasteiger partial charge in [0.05, 0.1) is 0 Å². The van der Waals surface area contributed by atoms with Crippen molar-refractivity contribution in [3.05, 3.63) is 56.0 Å². The van der Waals surface area contributed by atoms with Gasteiger partial charge in [0.1, 0.15) is 15.2 Å². The van der Waals surface area contributed by atoms with Gasteiger partial charge in [0.25, 0.3) is 0 Å². The molecule has 27 heavy (non-hydrogen) atoms. The monoisotopic (exact) mass is 423 g/mol. The fraction of sp³-hybridized carbons (Fsp3) is 0.429. The van der Waals surface area contributed by atoms with E-state index >= 15 is 0 Å². The third-order valence-electron chi connectivity index (χ3n) is 5.39. The lowest BCUT2D eigenvalue weighted by molar-refractivity contribution is 0.0702. The van der Waals surface area contributed by atoms with Gasteiger partial charge in [-0.2, -0.15) is 0 Å². The lowest BCUT2D eigenvalue weighted by atomic mass is 9.85. The van der Waals surface area contributed by atoms with E-state index in [1.165, 1.54) is 24.2 Å². The van der Waals surface area contributed by atoms with Crippen LogP contribution in [0.2, 0.25) is 10.3 Å². The summed E-state index contributed by atoms with van der Waals surface area (Å²) in [5.74, 6) is 1.09. The van der Waals surface area contributed by atoms with Crippen molar-refractivity contribution >= 4 is 46.6 Å². The van der Waals surface area contributed by atoms with Crippen molar-refractivity contribution in [2.45, 2.75) is 39.0 Å². The number of pyridine rings is 1. The van der Waals surface area contributed by atoms with Crippen LogP contribution in [0.5, 0.6) is 0 Å². The molecule has 3 nitrogen and oxygen atoms in total. The summed E-state index contributed by atoms with van der Waals surface area (Å²) in [6, 6.07) is 7.31. The molecule has 0 spiro atoms. The van der Waals surface area contributed by atoms with Crippen LogP contribution in [0.1, 0.15) is 52.7 Å². The molecule has 1 aliphatic rings. The van der Waals surface area contributed by atoms with Crippen LogP contribution >= 0.6 is 34.5 Å². The Morgan fingerprint density at radius 1 is 1.30 bits per heavy atom. The van der Waals surface area contributed by atoms with Gasteiger partial charge < -0.3 is 5.11 Å². The summed E-state index contributed by atoms with van der Waals surface area (Å²) < 4.78 is 0. The largest absolute Gasteiger partial charge is 0.477 e. The molecule has 1 aliphatic carbocycles. The van der Waals surface area contributed by atoms with Crippen molar-refractivity contribution in [2.24, 2.45) is 17.8 Å². The lowest BCUT2D eigenvalue weighted by Gasteiger charge is -2.20. The summed E-state index contributed by atoms with van der Waals surface area (Å²) >= 11 is 13.4. The van der Waals surface area contributed by atoms with E-state index in [-0.39, 0.29) is 0 Å². The van der Waals surface area contributed by atoms with E-state index in [9.17, 15) is 4.79 Å². The quantitative estimate of drug-likeness (QED) is 0.495. The predicted molar refractivity (Wildman–Crippen MR) is 113 cm³/mol. The van der Waals surface area contributed by atoms with Crippen LogP contribution in [0.15, 0.2) is 30.3 Å². The van der Waals surface area contributed by atoms with Crippen molar-refractivity contribution in [3.8, 4) is 0 Å². The number of aryl methyl sites for hydroxylation is 1. The van der Waals surface area contributed by atoms with Gasteiger partial charge in [-0.1, -0.05) is 42.3 Å². The fourth-order valence-electron chi connectivity index (χ4n) is 4.00. The third kappa shape index (κ3) is 5.56. The first-order valence-electron chi connectivity index (χ1n) is 9.25. The Labute approximate surface area is 174 Å². The van der Waals surface area contributed by atoms with Gasteiger partial charge in [-0.3, -0.25) is 0 Å². The number of hydrogen-bond donors (Lipinski definition) is 1. The highest BCUT2D eigenvalue weighted by Gasteiger charge is 2.31. The molecule has 0 unspecified atom stereocenters. The molecule has 2 aromatic heterocycles. The molecule has 0 aliphatic heterocycles. The summed E-state index contributed by atoms with van der Waals surface area (Å²) in [7, 11) is 0. The molecule has 6 heteroatoms. The first kappa shape index (κ1) is 20.4. The van der Waals surface area contributed by atoms with Crippen molar-refractivity contribution in [3.63, 3.8) is 0 Å². The SMILES string of the molecule is C[C@@H]1CC[C@H](/C=C/c2cc(Cl)nc(Cl)c2)[C@H]1CCCc1ccc(C(=O)O)s1. The van der Waals surface area contributed by atoms with Crippen molar-refractivity contribution < 1.29 is 9.90 Å². The van der Waals surface area contributed by atoms with Gasteiger partial charge in [-0.25, -0.2) is 9.78 Å². The second-order valence-electron chi connectivity index (χ2n) is 7.25. The summed E-state index contributed by atoms with van der Waals surface area (Å²) in [6.45, 7) is 2.34. The van der Waals surface area contributed by atoms with Crippen LogP contribution in [0.25, 0.3) is 6.08 Å². The number of carboxylic acid groups (broad SMARTS) is 1. The molecule has 0 bridgehead atoms. The number of aromatic nitrogens is 1. The van der Waals surface area contributed by atoms with Crippen molar-refractivity contribution in [2.75, 3.05) is 0 Å². The van der Waals surface area contributed by atoms with Gasteiger partial charge in [0, 0.05) is 4.88 Å². The average Bonchev–Trinajstić information content (AvgIpc) is 3.20. The highest BCUT2D eigenvalue weighted by atomic mass is 35.5. The van der Waals surface area contributed by atoms with E-state index in [0.29, 0.717) is 32.9 Å². The molecule has 1 saturated carbocycles. The third-order valence-corrected chi connectivity index (χ3v) is 6.91. The maximum absolute atomic E-state index is 11.0. The van der Waals surface area contributed by atoms with Crippen molar-refractivity contribution in [1.29, 1.82) is 0 Å². The molecule has 1 fully saturated rings. The summed E-state index contributed by atoms with van der Waals surface area (Å²) in [4.78, 5) is 16.6. The molecule has 0 amide bonds. The van der Waals surface area contributed by atoms with Gasteiger partial charge in [0.2, 0.25) is 0 Å². The number of rotatable bonds is 7. The maximum Gasteiger partial charge on any atom is 0.345 e. The number of hydrogen-bond acceptors (Lipinski definition) is 3. The molecule has 3 rings (SSSR count). The summed E-state index contributed by atoms with van der Waals surface area (Å²) in [6.07, 6.45) is 10.1. The Morgan fingerprint density at radius 3 is 2.70 bits per heavy atom. The molecule has 0 radical (unpaired) electrons. The Bertz CT molecular complexity index is 813. The minimum atomic E-state index is -0.836. The predicted octanol–water partition coefficient (Wildman–Crippen LogP) is 6.85. The molecule has 0 aromatic carbocycles. The zero-order valence-electron chi connectivity index (χ0n) is 15.2. The molecule has 1 N–H and O–H groups in total. The zero-order chi connectivity index (χ0) is 19.4. The number of thiophene rings is 1. The smallest absolute Gasteiger partial charge is 0.345 e. The summed E-state index contributed by atoms with van der Waals surface area (Å²) in [5, 5.41) is 9.86. The van der Waals surface area contributed by atoms with Crippen LogP contribution in [0.4, 0.5) is 0 Å². The van der Waals surface area contributed by atoms with E-state index < -0.39 is 5.97 Å². The molecule has 2 aromatic rings. The molecule has 3 atom stereocenters. The first-order valence-corrected chi connectivity index (χ1v) is 10.8. The Morgan fingerprint density at radius 2 is 2.04 bits per heavy atom. The first-order chi connectivity index (χ1) is 12.9. The highest BCUT2D eigenvalue weighted by Crippen LogP contribution is 2.41. The standard InChI is InChI=1S/C21H23Cl2NO2S/c1-13-5-7-15(8-6-14-11-19(22)24-20(23)12-14)17(13)4-2-3-16-9-10-18(27-16)21(25)26/h6,8-13,15,17H,2-5,7H2,1H3,(H,25,26)/b8-6+/t13-,15-,17+/m1/s1. The normalized spacial score (nSPS) is 22.6. The van der Waals surface area contributed by atoms with Gasteiger partial charge in [-0.15, -0.1) is 11.3 Å². The fourth-order valence-corrected chi connectivity index (χ4v) is 5.36. The Kier molecular flexibility index (Phi) is 6.96. The Balaban J connectivity index is 1.57. The minimum absolute atomic E-state index is 0.412. The number of allylic oxidation sites excluding steroid dienone is 1. The minimum Gasteiger partial charge on any atom is -0.477 e. The van der Waals surface area contributed by atoms with E-state index in [1.807, 2.05) is 18.2 Å². The molecular formula is C21H23Cl2NO2S. The lowest BCUT2D eigenvalue weighted by Crippen LogP contribution is -2.11. The average molecular weight is 424 g/mol. The van der Waals surface area contributed by atoms with Crippen molar-refractivity contribution in [1.82, 2.24) is 4.98 Å². The maximum atomic E-state index is 11.0. The van der Waals surface area contributed by atoms with E-state index in [1.54, 1.807) is 6.07 Å². The number of carbonyl (C=O) groups is 1. The van der Waals surface area contributed by atoms with Crippen LogP contribution in [-0.2, 0) is 6.42 Å². The van der Waals surface area contributed by atoms with E-state index in [4.69, 9.17) is 28.3 Å². The van der Waals surface area contributed by atoms with E-state index in [2.05, 4.69) is 24.1 Å². The molecule has 0 saturated heterocycles. The zero-order valence-corrected chi connectivity index (χ0v) is 17.5. The Hall–Kier alpha value is -1.36. The van der Waals surface area contributed by atoms with Gasteiger partial charge in [0.15, 0.2) is 0 Å². The molecule has 144 valence electrons.